The van der Waals surface area contributed by atoms with Crippen molar-refractivity contribution in [1.29, 1.82) is 0 Å². The topological polar surface area (TPSA) is 203 Å². The second kappa shape index (κ2) is 15.2. The molecule has 4 saturated carbocycles. The van der Waals surface area contributed by atoms with Crippen LogP contribution in [0.5, 0.6) is 0 Å². The fraction of sp³-hybridized carbons (Fsp3) is 0.976. The van der Waals surface area contributed by atoms with Crippen LogP contribution in [0.4, 0.5) is 0 Å². The molecule has 4 aliphatic heterocycles. The van der Waals surface area contributed by atoms with E-state index in [2.05, 4.69) is 27.7 Å². The summed E-state index contributed by atoms with van der Waals surface area (Å²) in [5.41, 5.74) is 0.387. The Morgan fingerprint density at radius 2 is 1.49 bits per heavy atom. The molecule has 22 atom stereocenters. The lowest BCUT2D eigenvalue weighted by Crippen LogP contribution is -2.65. The summed E-state index contributed by atoms with van der Waals surface area (Å²) in [6.45, 7) is 10.8. The maximum atomic E-state index is 11.6. The van der Waals surface area contributed by atoms with Gasteiger partial charge in [0.05, 0.1) is 25.4 Å². The molecule has 22 unspecified atom stereocenters. The molecule has 1 spiro atoms. The standard InChI is InChI=1S/C41H66O14/c1-19-8-13-41(50-17-19)20(2)30-27(55-41)15-26-24-7-6-22-14-23(9-11-39(22,4)25(24)10-12-40(26,30)5)51-38-36(34(47)32(45)29(53-38)18-49-21(3)43)54-37-35(48)33(46)31(44)28(16-42)52-37/h19-20,22-38,42,44-48H,6-18H2,1-5H3. The van der Waals surface area contributed by atoms with Crippen LogP contribution in [0.15, 0.2) is 0 Å². The van der Waals surface area contributed by atoms with Gasteiger partial charge in [0.25, 0.3) is 0 Å². The average molecular weight is 783 g/mol. The van der Waals surface area contributed by atoms with Crippen LogP contribution >= 0.6 is 0 Å². The second-order valence-corrected chi connectivity index (χ2v) is 19.3. The Hall–Kier alpha value is -1.01. The van der Waals surface area contributed by atoms with Gasteiger partial charge in [-0.3, -0.25) is 4.79 Å². The van der Waals surface area contributed by atoms with Gasteiger partial charge in [-0.25, -0.2) is 0 Å². The summed E-state index contributed by atoms with van der Waals surface area (Å²) in [6.07, 6.45) is -4.33. The third kappa shape index (κ3) is 6.83. The second-order valence-electron chi connectivity index (χ2n) is 19.3. The van der Waals surface area contributed by atoms with Gasteiger partial charge in [0.1, 0.15) is 55.4 Å². The van der Waals surface area contributed by atoms with Gasteiger partial charge in [0, 0.05) is 19.3 Å². The third-order valence-electron chi connectivity index (χ3n) is 16.4. The van der Waals surface area contributed by atoms with Crippen LogP contribution in [-0.2, 0) is 38.0 Å². The Balaban J connectivity index is 0.953. The predicted octanol–water partition coefficient (Wildman–Crippen LogP) is 2.01. The number of carbonyl (C=O) groups excluding carboxylic acids is 1. The van der Waals surface area contributed by atoms with Crippen molar-refractivity contribution in [3.63, 3.8) is 0 Å². The Morgan fingerprint density at radius 3 is 2.20 bits per heavy atom. The zero-order valence-corrected chi connectivity index (χ0v) is 33.1. The van der Waals surface area contributed by atoms with Crippen molar-refractivity contribution in [2.24, 2.45) is 52.3 Å². The Kier molecular flexibility index (Phi) is 11.3. The molecule has 4 saturated heterocycles. The highest BCUT2D eigenvalue weighted by Gasteiger charge is 2.69. The van der Waals surface area contributed by atoms with Crippen LogP contribution in [0.3, 0.4) is 0 Å². The molecule has 0 radical (unpaired) electrons. The Bertz CT molecular complexity index is 1370. The van der Waals surface area contributed by atoms with Crippen molar-refractivity contribution >= 4 is 5.97 Å². The minimum Gasteiger partial charge on any atom is -0.463 e. The molecule has 14 nitrogen and oxygen atoms in total. The molecule has 0 aromatic rings. The number of hydrogen-bond acceptors (Lipinski definition) is 14. The molecule has 0 bridgehead atoms. The van der Waals surface area contributed by atoms with Gasteiger partial charge in [-0.05, 0) is 104 Å². The van der Waals surface area contributed by atoms with E-state index in [1.807, 2.05) is 0 Å². The molecule has 55 heavy (non-hydrogen) atoms. The molecule has 14 heteroatoms. The number of fused-ring (bicyclic) bond motifs is 7. The SMILES string of the molecule is CC(=O)OCC1OC(OC2CCC3(C)C(CCC4C3CCC3(C)C4CC4OC5(CCC(C)CO5)C(C)C43)C2)C(OC2OC(CO)C(O)C(O)C2O)C(O)C1O. The molecule has 4 heterocycles. The Labute approximate surface area is 324 Å². The molecular formula is C41H66O14. The summed E-state index contributed by atoms with van der Waals surface area (Å²) >= 11 is 0. The van der Waals surface area contributed by atoms with Gasteiger partial charge in [0.2, 0.25) is 0 Å². The molecular weight excluding hydrogens is 716 g/mol. The zero-order chi connectivity index (χ0) is 39.2. The summed E-state index contributed by atoms with van der Waals surface area (Å²) in [5.74, 6) is 2.81. The van der Waals surface area contributed by atoms with Crippen LogP contribution in [-0.4, -0.2) is 136 Å². The van der Waals surface area contributed by atoms with Gasteiger partial charge in [-0.15, -0.1) is 0 Å². The quantitative estimate of drug-likeness (QED) is 0.162. The van der Waals surface area contributed by atoms with Crippen molar-refractivity contribution in [3.05, 3.63) is 0 Å². The van der Waals surface area contributed by atoms with Crippen LogP contribution in [0.25, 0.3) is 0 Å². The minimum atomic E-state index is -1.73. The van der Waals surface area contributed by atoms with E-state index in [-0.39, 0.29) is 29.6 Å². The monoisotopic (exact) mass is 782 g/mol. The normalized spacial score (nSPS) is 56.3. The summed E-state index contributed by atoms with van der Waals surface area (Å²) in [4.78, 5) is 11.6. The van der Waals surface area contributed by atoms with Crippen LogP contribution in [0.1, 0.15) is 98.8 Å². The van der Waals surface area contributed by atoms with E-state index < -0.39 is 79.8 Å². The van der Waals surface area contributed by atoms with Crippen molar-refractivity contribution in [2.75, 3.05) is 19.8 Å². The first-order chi connectivity index (χ1) is 26.1. The average Bonchev–Trinajstić information content (AvgIpc) is 3.60. The summed E-state index contributed by atoms with van der Waals surface area (Å²) in [7, 11) is 0. The zero-order valence-electron chi connectivity index (χ0n) is 33.1. The summed E-state index contributed by atoms with van der Waals surface area (Å²) < 4.78 is 43.0. The van der Waals surface area contributed by atoms with E-state index in [0.717, 1.165) is 51.6 Å². The smallest absolute Gasteiger partial charge is 0.302 e. The fourth-order valence-corrected chi connectivity index (χ4v) is 13.4. The van der Waals surface area contributed by atoms with Gasteiger partial charge < -0.3 is 63.8 Å². The molecule has 8 aliphatic rings. The van der Waals surface area contributed by atoms with Gasteiger partial charge in [0.15, 0.2) is 18.4 Å². The lowest BCUT2D eigenvalue weighted by molar-refractivity contribution is -0.373. The molecule has 8 fully saturated rings. The molecule has 314 valence electrons. The third-order valence-corrected chi connectivity index (χ3v) is 16.4. The Morgan fingerprint density at radius 1 is 0.764 bits per heavy atom. The number of ether oxygens (including phenoxy) is 7. The summed E-state index contributed by atoms with van der Waals surface area (Å²) in [6, 6.07) is 0. The summed E-state index contributed by atoms with van der Waals surface area (Å²) in [5, 5.41) is 63.5. The number of carbonyl (C=O) groups is 1. The molecule has 4 aliphatic carbocycles. The van der Waals surface area contributed by atoms with E-state index in [0.29, 0.717) is 41.4 Å². The molecule has 6 N–H and O–H groups in total. The number of aliphatic hydroxyl groups is 6. The lowest BCUT2D eigenvalue weighted by atomic mass is 9.44. The fourth-order valence-electron chi connectivity index (χ4n) is 13.4. The molecule has 8 rings (SSSR count). The molecule has 0 aromatic carbocycles. The number of aliphatic hydroxyl groups excluding tert-OH is 6. The van der Waals surface area contributed by atoms with E-state index in [1.54, 1.807) is 0 Å². The van der Waals surface area contributed by atoms with E-state index in [4.69, 9.17) is 33.2 Å². The van der Waals surface area contributed by atoms with Crippen molar-refractivity contribution in [3.8, 4) is 0 Å². The number of hydrogen-bond donors (Lipinski definition) is 6. The largest absolute Gasteiger partial charge is 0.463 e. The van der Waals surface area contributed by atoms with Crippen LogP contribution in [0, 0.1) is 52.3 Å². The van der Waals surface area contributed by atoms with E-state index >= 15 is 0 Å². The highest BCUT2D eigenvalue weighted by atomic mass is 16.8. The first kappa shape index (κ1) is 40.8. The van der Waals surface area contributed by atoms with Crippen LogP contribution in [0.2, 0.25) is 0 Å². The van der Waals surface area contributed by atoms with Crippen molar-refractivity contribution in [2.45, 2.75) is 178 Å². The van der Waals surface area contributed by atoms with Crippen molar-refractivity contribution in [1.82, 2.24) is 0 Å². The number of esters is 1. The van der Waals surface area contributed by atoms with Gasteiger partial charge in [-0.2, -0.15) is 0 Å². The first-order valence-corrected chi connectivity index (χ1v) is 21.2. The van der Waals surface area contributed by atoms with Gasteiger partial charge >= 0.3 is 5.97 Å². The molecule has 0 amide bonds. The van der Waals surface area contributed by atoms with E-state index in [9.17, 15) is 35.4 Å². The van der Waals surface area contributed by atoms with Crippen molar-refractivity contribution < 1.29 is 68.6 Å². The van der Waals surface area contributed by atoms with Crippen LogP contribution < -0.4 is 0 Å². The van der Waals surface area contributed by atoms with Gasteiger partial charge in [-0.1, -0.05) is 27.7 Å². The maximum Gasteiger partial charge on any atom is 0.302 e. The maximum absolute atomic E-state index is 11.6. The number of rotatable bonds is 7. The minimum absolute atomic E-state index is 0.144. The van der Waals surface area contributed by atoms with E-state index in [1.165, 1.54) is 26.2 Å². The lowest BCUT2D eigenvalue weighted by Gasteiger charge is -2.61. The predicted molar refractivity (Wildman–Crippen MR) is 193 cm³/mol. The highest BCUT2D eigenvalue weighted by Crippen LogP contribution is 2.71. The first-order valence-electron chi connectivity index (χ1n) is 21.2. The highest BCUT2D eigenvalue weighted by molar-refractivity contribution is 5.65. The molecule has 0 aromatic heterocycles.